The minimum atomic E-state index is -0.367. The standard InChI is InChI=1S/C12H15ClFNO/c1-16-10-5-9(6-10)15-7-8-2-3-12(14)11(13)4-8/h2-4,9-10,15H,5-7H2,1H3. The molecule has 0 saturated heterocycles. The van der Waals surface area contributed by atoms with E-state index in [0.29, 0.717) is 12.1 Å². The highest BCUT2D eigenvalue weighted by Crippen LogP contribution is 2.23. The number of rotatable bonds is 4. The Hall–Kier alpha value is -0.640. The highest BCUT2D eigenvalue weighted by atomic mass is 35.5. The molecule has 0 aliphatic heterocycles. The molecule has 4 heteroatoms. The molecule has 0 atom stereocenters. The Morgan fingerprint density at radius 3 is 2.88 bits per heavy atom. The van der Waals surface area contributed by atoms with E-state index in [4.69, 9.17) is 16.3 Å². The largest absolute Gasteiger partial charge is 0.381 e. The van der Waals surface area contributed by atoms with Crippen LogP contribution in [0.25, 0.3) is 0 Å². The summed E-state index contributed by atoms with van der Waals surface area (Å²) in [4.78, 5) is 0. The van der Waals surface area contributed by atoms with E-state index in [2.05, 4.69) is 5.32 Å². The first kappa shape index (κ1) is 11.8. The van der Waals surface area contributed by atoms with Crippen molar-refractivity contribution in [2.45, 2.75) is 31.5 Å². The van der Waals surface area contributed by atoms with Crippen LogP contribution in [0.4, 0.5) is 4.39 Å². The number of benzene rings is 1. The number of hydrogen-bond acceptors (Lipinski definition) is 2. The summed E-state index contributed by atoms with van der Waals surface area (Å²) in [5, 5.41) is 3.57. The van der Waals surface area contributed by atoms with Crippen LogP contribution < -0.4 is 5.32 Å². The number of hydrogen-bond donors (Lipinski definition) is 1. The zero-order valence-electron chi connectivity index (χ0n) is 9.17. The molecule has 1 aromatic carbocycles. The van der Waals surface area contributed by atoms with Gasteiger partial charge in [-0.2, -0.15) is 0 Å². The van der Waals surface area contributed by atoms with E-state index in [1.54, 1.807) is 19.2 Å². The number of halogens is 2. The molecule has 0 heterocycles. The predicted molar refractivity (Wildman–Crippen MR) is 62.1 cm³/mol. The van der Waals surface area contributed by atoms with Gasteiger partial charge in [0.25, 0.3) is 0 Å². The summed E-state index contributed by atoms with van der Waals surface area (Å²) in [6.45, 7) is 0.723. The van der Waals surface area contributed by atoms with Crippen molar-refractivity contribution in [2.75, 3.05) is 7.11 Å². The van der Waals surface area contributed by atoms with Gasteiger partial charge in [0.1, 0.15) is 5.82 Å². The van der Waals surface area contributed by atoms with Gasteiger partial charge in [0.15, 0.2) is 0 Å². The van der Waals surface area contributed by atoms with Gasteiger partial charge in [-0.25, -0.2) is 4.39 Å². The lowest BCUT2D eigenvalue weighted by atomic mass is 9.89. The zero-order valence-corrected chi connectivity index (χ0v) is 9.93. The fourth-order valence-electron chi connectivity index (χ4n) is 1.84. The van der Waals surface area contributed by atoms with Gasteiger partial charge in [-0.15, -0.1) is 0 Å². The van der Waals surface area contributed by atoms with E-state index in [-0.39, 0.29) is 10.8 Å². The van der Waals surface area contributed by atoms with Crippen LogP contribution in [0.15, 0.2) is 18.2 Å². The van der Waals surface area contributed by atoms with Crippen LogP contribution >= 0.6 is 11.6 Å². The van der Waals surface area contributed by atoms with Gasteiger partial charge < -0.3 is 10.1 Å². The topological polar surface area (TPSA) is 21.3 Å². The van der Waals surface area contributed by atoms with Crippen LogP contribution in [0.5, 0.6) is 0 Å². The summed E-state index contributed by atoms with van der Waals surface area (Å²) in [7, 11) is 1.74. The summed E-state index contributed by atoms with van der Waals surface area (Å²) in [6.07, 6.45) is 2.49. The van der Waals surface area contributed by atoms with Crippen molar-refractivity contribution in [2.24, 2.45) is 0 Å². The maximum Gasteiger partial charge on any atom is 0.141 e. The Bertz CT molecular complexity index is 366. The molecular formula is C12H15ClFNO. The van der Waals surface area contributed by atoms with Crippen LogP contribution in [0, 0.1) is 5.82 Å². The summed E-state index contributed by atoms with van der Waals surface area (Å²) in [5.41, 5.74) is 1.01. The maximum absolute atomic E-state index is 12.9. The van der Waals surface area contributed by atoms with Crippen LogP contribution in [0.3, 0.4) is 0 Å². The van der Waals surface area contributed by atoms with E-state index in [9.17, 15) is 4.39 Å². The molecule has 1 fully saturated rings. The quantitative estimate of drug-likeness (QED) is 0.878. The average Bonchev–Trinajstić information content (AvgIpc) is 2.21. The second-order valence-corrected chi connectivity index (χ2v) is 4.56. The molecule has 2 rings (SSSR count). The van der Waals surface area contributed by atoms with Crippen LogP contribution in [-0.4, -0.2) is 19.3 Å². The van der Waals surface area contributed by atoms with Gasteiger partial charge in [0.05, 0.1) is 11.1 Å². The first-order chi connectivity index (χ1) is 7.69. The van der Waals surface area contributed by atoms with E-state index >= 15 is 0 Å². The van der Waals surface area contributed by atoms with Crippen LogP contribution in [-0.2, 0) is 11.3 Å². The third-order valence-corrected chi connectivity index (χ3v) is 3.30. The molecule has 0 amide bonds. The predicted octanol–water partition coefficient (Wildman–Crippen LogP) is 2.75. The smallest absolute Gasteiger partial charge is 0.141 e. The Kier molecular flexibility index (Phi) is 3.79. The van der Waals surface area contributed by atoms with Gasteiger partial charge in [0, 0.05) is 19.7 Å². The molecule has 2 nitrogen and oxygen atoms in total. The van der Waals surface area contributed by atoms with Gasteiger partial charge >= 0.3 is 0 Å². The first-order valence-corrected chi connectivity index (χ1v) is 5.77. The van der Waals surface area contributed by atoms with Crippen molar-refractivity contribution in [1.29, 1.82) is 0 Å². The molecular weight excluding hydrogens is 229 g/mol. The maximum atomic E-state index is 12.9. The zero-order chi connectivity index (χ0) is 11.5. The van der Waals surface area contributed by atoms with Crippen LogP contribution in [0.1, 0.15) is 18.4 Å². The lowest BCUT2D eigenvalue weighted by Crippen LogP contribution is -2.44. The van der Waals surface area contributed by atoms with E-state index in [1.165, 1.54) is 6.07 Å². The van der Waals surface area contributed by atoms with Gasteiger partial charge in [-0.1, -0.05) is 17.7 Å². The molecule has 1 aliphatic rings. The molecule has 1 aliphatic carbocycles. The van der Waals surface area contributed by atoms with Crippen molar-refractivity contribution in [3.8, 4) is 0 Å². The summed E-state index contributed by atoms with van der Waals surface area (Å²) >= 11 is 5.70. The van der Waals surface area contributed by atoms with Crippen molar-refractivity contribution in [3.05, 3.63) is 34.6 Å². The summed E-state index contributed by atoms with van der Waals surface area (Å²) in [6, 6.07) is 5.32. The molecule has 0 radical (unpaired) electrons. The molecule has 0 spiro atoms. The molecule has 1 saturated carbocycles. The molecule has 0 bridgehead atoms. The number of nitrogens with one attached hydrogen (secondary N) is 1. The average molecular weight is 244 g/mol. The van der Waals surface area contributed by atoms with Crippen LogP contribution in [0.2, 0.25) is 5.02 Å². The van der Waals surface area contributed by atoms with Gasteiger partial charge in [-0.05, 0) is 30.5 Å². The molecule has 88 valence electrons. The lowest BCUT2D eigenvalue weighted by Gasteiger charge is -2.34. The molecule has 1 aromatic rings. The van der Waals surface area contributed by atoms with Gasteiger partial charge in [0.2, 0.25) is 0 Å². The minimum absolute atomic E-state index is 0.183. The Labute approximate surface area is 99.7 Å². The molecule has 16 heavy (non-hydrogen) atoms. The number of ether oxygens (including phenoxy) is 1. The molecule has 0 unspecified atom stereocenters. The SMILES string of the molecule is COC1CC(NCc2ccc(F)c(Cl)c2)C1. The Morgan fingerprint density at radius 1 is 1.50 bits per heavy atom. The van der Waals surface area contributed by atoms with E-state index < -0.39 is 0 Å². The second kappa shape index (κ2) is 5.13. The first-order valence-electron chi connectivity index (χ1n) is 5.39. The monoisotopic (exact) mass is 243 g/mol. The van der Waals surface area contributed by atoms with Crippen molar-refractivity contribution in [1.82, 2.24) is 5.32 Å². The summed E-state index contributed by atoms with van der Waals surface area (Å²) in [5.74, 6) is -0.367. The Morgan fingerprint density at radius 2 is 2.25 bits per heavy atom. The third kappa shape index (κ3) is 2.73. The lowest BCUT2D eigenvalue weighted by molar-refractivity contribution is 0.0170. The highest BCUT2D eigenvalue weighted by molar-refractivity contribution is 6.30. The fourth-order valence-corrected chi connectivity index (χ4v) is 2.04. The van der Waals surface area contributed by atoms with Crippen molar-refractivity contribution in [3.63, 3.8) is 0 Å². The normalized spacial score (nSPS) is 24.2. The Balaban J connectivity index is 1.80. The third-order valence-electron chi connectivity index (χ3n) is 3.01. The fraction of sp³-hybridized carbons (Fsp3) is 0.500. The second-order valence-electron chi connectivity index (χ2n) is 4.16. The number of methoxy groups -OCH3 is 1. The van der Waals surface area contributed by atoms with Crippen molar-refractivity contribution < 1.29 is 9.13 Å². The molecule has 0 aromatic heterocycles. The summed E-state index contributed by atoms with van der Waals surface area (Å²) < 4.78 is 18.1. The van der Waals surface area contributed by atoms with E-state index in [0.717, 1.165) is 24.9 Å². The van der Waals surface area contributed by atoms with Crippen molar-refractivity contribution >= 4 is 11.6 Å². The highest BCUT2D eigenvalue weighted by Gasteiger charge is 2.28. The minimum Gasteiger partial charge on any atom is -0.381 e. The van der Waals surface area contributed by atoms with E-state index in [1.807, 2.05) is 0 Å². The van der Waals surface area contributed by atoms with Gasteiger partial charge in [-0.3, -0.25) is 0 Å². The molecule has 1 N–H and O–H groups in total.